The van der Waals surface area contributed by atoms with Gasteiger partial charge in [-0.1, -0.05) is 19.1 Å². The van der Waals surface area contributed by atoms with Crippen molar-refractivity contribution in [3.05, 3.63) is 24.3 Å². The van der Waals surface area contributed by atoms with Crippen LogP contribution in [0.15, 0.2) is 29.2 Å². The van der Waals surface area contributed by atoms with Gasteiger partial charge in [0.05, 0.1) is 0 Å². The third-order valence-corrected chi connectivity index (χ3v) is 4.07. The summed E-state index contributed by atoms with van der Waals surface area (Å²) in [5.41, 5.74) is 0. The SMILES string of the molecule is CSc1ccccc1OC1CCCNCC1C. The van der Waals surface area contributed by atoms with Gasteiger partial charge in [-0.25, -0.2) is 0 Å². The summed E-state index contributed by atoms with van der Waals surface area (Å²) in [7, 11) is 0. The Kier molecular flexibility index (Phi) is 4.75. The van der Waals surface area contributed by atoms with Gasteiger partial charge in [-0.15, -0.1) is 11.8 Å². The molecule has 17 heavy (non-hydrogen) atoms. The molecule has 2 nitrogen and oxygen atoms in total. The summed E-state index contributed by atoms with van der Waals surface area (Å²) in [6.07, 6.45) is 4.80. The Labute approximate surface area is 108 Å². The first kappa shape index (κ1) is 12.8. The molecule has 0 aromatic heterocycles. The monoisotopic (exact) mass is 251 g/mol. The van der Waals surface area contributed by atoms with Crippen LogP contribution in [0, 0.1) is 5.92 Å². The smallest absolute Gasteiger partial charge is 0.133 e. The lowest BCUT2D eigenvalue weighted by Crippen LogP contribution is -2.29. The largest absolute Gasteiger partial charge is 0.489 e. The summed E-state index contributed by atoms with van der Waals surface area (Å²) in [4.78, 5) is 1.23. The highest BCUT2D eigenvalue weighted by Crippen LogP contribution is 2.30. The molecule has 1 aromatic rings. The van der Waals surface area contributed by atoms with Crippen LogP contribution in [0.1, 0.15) is 19.8 Å². The van der Waals surface area contributed by atoms with Crippen LogP contribution in [0.2, 0.25) is 0 Å². The molecule has 1 aliphatic rings. The van der Waals surface area contributed by atoms with E-state index in [1.807, 2.05) is 0 Å². The van der Waals surface area contributed by atoms with Crippen LogP contribution in [0.4, 0.5) is 0 Å². The average molecular weight is 251 g/mol. The number of rotatable bonds is 3. The van der Waals surface area contributed by atoms with Crippen molar-refractivity contribution in [3.8, 4) is 5.75 Å². The van der Waals surface area contributed by atoms with E-state index >= 15 is 0 Å². The Bertz CT molecular complexity index is 356. The highest BCUT2D eigenvalue weighted by atomic mass is 32.2. The van der Waals surface area contributed by atoms with Crippen LogP contribution in [-0.4, -0.2) is 25.4 Å². The normalized spacial score (nSPS) is 25.3. The zero-order valence-corrected chi connectivity index (χ0v) is 11.4. The molecule has 1 heterocycles. The van der Waals surface area contributed by atoms with Crippen molar-refractivity contribution >= 4 is 11.8 Å². The molecule has 3 heteroatoms. The molecule has 2 unspecified atom stereocenters. The molecule has 1 aliphatic heterocycles. The van der Waals surface area contributed by atoms with E-state index in [1.165, 1.54) is 11.3 Å². The summed E-state index contributed by atoms with van der Waals surface area (Å²) in [5.74, 6) is 1.62. The standard InChI is InChI=1S/C14H21NOS/c1-11-10-15-9-5-7-12(11)16-13-6-3-4-8-14(13)17-2/h3-4,6,8,11-12,15H,5,7,9-10H2,1-2H3. The third-order valence-electron chi connectivity index (χ3n) is 3.29. The van der Waals surface area contributed by atoms with Crippen LogP contribution in [0.25, 0.3) is 0 Å². The average Bonchev–Trinajstić information content (AvgIpc) is 2.56. The quantitative estimate of drug-likeness (QED) is 0.834. The molecule has 0 spiro atoms. The molecule has 2 rings (SSSR count). The number of benzene rings is 1. The lowest BCUT2D eigenvalue weighted by molar-refractivity contribution is 0.137. The molecule has 0 aliphatic carbocycles. The van der Waals surface area contributed by atoms with Crippen molar-refractivity contribution in [2.45, 2.75) is 30.8 Å². The molecular weight excluding hydrogens is 230 g/mol. The van der Waals surface area contributed by atoms with E-state index in [4.69, 9.17) is 4.74 Å². The van der Waals surface area contributed by atoms with Crippen LogP contribution in [0.3, 0.4) is 0 Å². The second-order valence-corrected chi connectivity index (χ2v) is 5.48. The first-order valence-corrected chi connectivity index (χ1v) is 7.54. The van der Waals surface area contributed by atoms with Gasteiger partial charge in [-0.05, 0) is 37.8 Å². The van der Waals surface area contributed by atoms with E-state index in [9.17, 15) is 0 Å². The summed E-state index contributed by atoms with van der Waals surface area (Å²) in [5, 5.41) is 3.46. The Morgan fingerprint density at radius 3 is 3.00 bits per heavy atom. The summed E-state index contributed by atoms with van der Waals surface area (Å²) >= 11 is 1.75. The summed E-state index contributed by atoms with van der Waals surface area (Å²) < 4.78 is 6.21. The zero-order valence-electron chi connectivity index (χ0n) is 10.6. The zero-order chi connectivity index (χ0) is 12.1. The number of ether oxygens (including phenoxy) is 1. The highest BCUT2D eigenvalue weighted by Gasteiger charge is 2.21. The fourth-order valence-electron chi connectivity index (χ4n) is 2.23. The third kappa shape index (κ3) is 3.39. The molecule has 0 radical (unpaired) electrons. The lowest BCUT2D eigenvalue weighted by atomic mass is 10.0. The van der Waals surface area contributed by atoms with Crippen molar-refractivity contribution in [3.63, 3.8) is 0 Å². The minimum Gasteiger partial charge on any atom is -0.489 e. The van der Waals surface area contributed by atoms with E-state index in [0.29, 0.717) is 12.0 Å². The molecule has 1 fully saturated rings. The summed E-state index contributed by atoms with van der Waals surface area (Å²) in [6.45, 7) is 4.45. The van der Waals surface area contributed by atoms with Crippen LogP contribution in [0.5, 0.6) is 5.75 Å². The molecule has 1 aromatic carbocycles. The molecule has 2 atom stereocenters. The Morgan fingerprint density at radius 2 is 2.18 bits per heavy atom. The molecule has 1 N–H and O–H groups in total. The lowest BCUT2D eigenvalue weighted by Gasteiger charge is -2.23. The van der Waals surface area contributed by atoms with E-state index < -0.39 is 0 Å². The minimum atomic E-state index is 0.346. The van der Waals surface area contributed by atoms with E-state index in [2.05, 4.69) is 42.8 Å². The van der Waals surface area contributed by atoms with E-state index in [1.54, 1.807) is 11.8 Å². The Morgan fingerprint density at radius 1 is 1.35 bits per heavy atom. The maximum absolute atomic E-state index is 6.21. The van der Waals surface area contributed by atoms with Gasteiger partial charge in [0.25, 0.3) is 0 Å². The van der Waals surface area contributed by atoms with Gasteiger partial charge in [0, 0.05) is 17.4 Å². The van der Waals surface area contributed by atoms with Crippen LogP contribution in [-0.2, 0) is 0 Å². The maximum atomic E-state index is 6.21. The fraction of sp³-hybridized carbons (Fsp3) is 0.571. The maximum Gasteiger partial charge on any atom is 0.133 e. The number of thioether (sulfide) groups is 1. The fourth-order valence-corrected chi connectivity index (χ4v) is 2.76. The second-order valence-electron chi connectivity index (χ2n) is 4.63. The number of hydrogen-bond donors (Lipinski definition) is 1. The van der Waals surface area contributed by atoms with Gasteiger partial charge < -0.3 is 10.1 Å². The van der Waals surface area contributed by atoms with E-state index in [0.717, 1.165) is 25.3 Å². The van der Waals surface area contributed by atoms with E-state index in [-0.39, 0.29) is 0 Å². The van der Waals surface area contributed by atoms with Gasteiger partial charge in [-0.2, -0.15) is 0 Å². The number of hydrogen-bond acceptors (Lipinski definition) is 3. The van der Waals surface area contributed by atoms with Crippen molar-refractivity contribution < 1.29 is 4.74 Å². The Hall–Kier alpha value is -0.670. The van der Waals surface area contributed by atoms with Crippen LogP contribution < -0.4 is 10.1 Å². The summed E-state index contributed by atoms with van der Waals surface area (Å²) in [6, 6.07) is 8.32. The Balaban J connectivity index is 2.07. The first-order valence-electron chi connectivity index (χ1n) is 6.31. The van der Waals surface area contributed by atoms with Gasteiger partial charge in [0.15, 0.2) is 0 Å². The predicted molar refractivity (Wildman–Crippen MR) is 73.9 cm³/mol. The van der Waals surface area contributed by atoms with Crippen LogP contribution >= 0.6 is 11.8 Å². The highest BCUT2D eigenvalue weighted by molar-refractivity contribution is 7.98. The number of nitrogens with one attached hydrogen (secondary N) is 1. The number of para-hydroxylation sites is 1. The molecule has 94 valence electrons. The minimum absolute atomic E-state index is 0.346. The topological polar surface area (TPSA) is 21.3 Å². The van der Waals surface area contributed by atoms with Crippen molar-refractivity contribution in [1.29, 1.82) is 0 Å². The van der Waals surface area contributed by atoms with Gasteiger partial charge in [0.2, 0.25) is 0 Å². The van der Waals surface area contributed by atoms with Gasteiger partial charge in [0.1, 0.15) is 11.9 Å². The molecule has 0 bridgehead atoms. The predicted octanol–water partition coefficient (Wildman–Crippen LogP) is 3.18. The van der Waals surface area contributed by atoms with Gasteiger partial charge >= 0.3 is 0 Å². The molecule has 0 amide bonds. The molecule has 0 saturated carbocycles. The van der Waals surface area contributed by atoms with Crippen molar-refractivity contribution in [2.75, 3.05) is 19.3 Å². The molecule has 1 saturated heterocycles. The van der Waals surface area contributed by atoms with Gasteiger partial charge in [-0.3, -0.25) is 0 Å². The van der Waals surface area contributed by atoms with Crippen molar-refractivity contribution in [1.82, 2.24) is 5.32 Å². The van der Waals surface area contributed by atoms with Crippen molar-refractivity contribution in [2.24, 2.45) is 5.92 Å². The second kappa shape index (κ2) is 6.31. The first-order chi connectivity index (χ1) is 8.31. The molecular formula is C14H21NOS.